The number of rotatable bonds is 6. The fourth-order valence-electron chi connectivity index (χ4n) is 3.19. The molecule has 0 saturated heterocycles. The van der Waals surface area contributed by atoms with Gasteiger partial charge in [0.1, 0.15) is 16.5 Å². The molecule has 1 N–H and O–H groups in total. The quantitative estimate of drug-likeness (QED) is 0.482. The minimum absolute atomic E-state index is 0.0663. The van der Waals surface area contributed by atoms with Gasteiger partial charge in [-0.3, -0.25) is 4.98 Å². The number of anilines is 1. The molecule has 4 rings (SSSR count). The summed E-state index contributed by atoms with van der Waals surface area (Å²) in [6.45, 7) is 0.313. The summed E-state index contributed by atoms with van der Waals surface area (Å²) in [6.07, 6.45) is 1.37. The van der Waals surface area contributed by atoms with Crippen LogP contribution in [0.2, 0.25) is 0 Å². The van der Waals surface area contributed by atoms with Crippen LogP contribution >= 0.6 is 0 Å². The van der Waals surface area contributed by atoms with Crippen LogP contribution in [-0.2, 0) is 16.4 Å². The monoisotopic (exact) mass is 422 g/mol. The number of hydrogen-bond acceptors (Lipinski definition) is 5. The molecule has 3 aromatic carbocycles. The summed E-state index contributed by atoms with van der Waals surface area (Å²) in [7, 11) is -2.27. The van der Waals surface area contributed by atoms with Gasteiger partial charge in [0.05, 0.1) is 23.2 Å². The molecule has 0 amide bonds. The van der Waals surface area contributed by atoms with Crippen LogP contribution in [0.1, 0.15) is 5.56 Å². The first-order valence-electron chi connectivity index (χ1n) is 9.24. The number of methoxy groups -OCH3 is 1. The molecule has 0 fully saturated rings. The number of nitrogens with zero attached hydrogens (tertiary/aromatic N) is 1. The molecular weight excluding hydrogens is 403 g/mol. The zero-order valence-electron chi connectivity index (χ0n) is 16.2. The fraction of sp³-hybridized carbons (Fsp3) is 0.0870. The fourth-order valence-corrected chi connectivity index (χ4v) is 4.60. The molecule has 1 heterocycles. The first kappa shape index (κ1) is 19.8. The van der Waals surface area contributed by atoms with Crippen molar-refractivity contribution in [3.63, 3.8) is 0 Å². The topological polar surface area (TPSA) is 68.3 Å². The third-order valence-corrected chi connectivity index (χ3v) is 6.55. The van der Waals surface area contributed by atoms with Gasteiger partial charge in [-0.2, -0.15) is 0 Å². The first-order chi connectivity index (χ1) is 14.5. The van der Waals surface area contributed by atoms with Gasteiger partial charge in [0, 0.05) is 18.1 Å². The van der Waals surface area contributed by atoms with Gasteiger partial charge in [-0.25, -0.2) is 12.8 Å². The van der Waals surface area contributed by atoms with Crippen molar-refractivity contribution in [2.45, 2.75) is 16.3 Å². The summed E-state index contributed by atoms with van der Waals surface area (Å²) in [5.74, 6) is 0.258. The Morgan fingerprint density at radius 3 is 2.43 bits per heavy atom. The minimum atomic E-state index is -3.82. The molecule has 30 heavy (non-hydrogen) atoms. The van der Waals surface area contributed by atoms with Crippen LogP contribution in [0.25, 0.3) is 10.9 Å². The number of aromatic nitrogens is 1. The van der Waals surface area contributed by atoms with Crippen molar-refractivity contribution < 1.29 is 17.5 Å². The molecule has 0 atom stereocenters. The molecule has 7 heteroatoms. The van der Waals surface area contributed by atoms with Crippen LogP contribution in [0.3, 0.4) is 0 Å². The van der Waals surface area contributed by atoms with E-state index in [1.165, 1.54) is 18.3 Å². The maximum atomic E-state index is 13.3. The summed E-state index contributed by atoms with van der Waals surface area (Å²) in [5, 5.41) is 3.84. The SMILES string of the molecule is COc1ccc2ncc(S(=O)(=O)c3ccccc3)c(NCc3ccc(F)cc3)c2c1. The maximum Gasteiger partial charge on any atom is 0.210 e. The molecule has 0 bridgehead atoms. The van der Waals surface area contributed by atoms with Crippen molar-refractivity contribution >= 4 is 26.4 Å². The van der Waals surface area contributed by atoms with E-state index in [2.05, 4.69) is 10.3 Å². The Bertz CT molecular complexity index is 1290. The Balaban J connectivity index is 1.86. The van der Waals surface area contributed by atoms with Gasteiger partial charge in [0.15, 0.2) is 0 Å². The lowest BCUT2D eigenvalue weighted by atomic mass is 10.1. The van der Waals surface area contributed by atoms with Crippen LogP contribution in [0.5, 0.6) is 5.75 Å². The second-order valence-electron chi connectivity index (χ2n) is 6.68. The maximum absolute atomic E-state index is 13.3. The number of halogens is 1. The Kier molecular flexibility index (Phi) is 5.37. The molecule has 0 aliphatic rings. The second-order valence-corrected chi connectivity index (χ2v) is 8.60. The molecule has 0 radical (unpaired) electrons. The molecule has 0 aliphatic heterocycles. The summed E-state index contributed by atoms with van der Waals surface area (Å²) in [6, 6.07) is 19.5. The van der Waals surface area contributed by atoms with E-state index >= 15 is 0 Å². The van der Waals surface area contributed by atoms with E-state index in [0.29, 0.717) is 28.9 Å². The average molecular weight is 422 g/mol. The number of hydrogen-bond donors (Lipinski definition) is 1. The summed E-state index contributed by atoms with van der Waals surface area (Å²) in [5.41, 5.74) is 1.86. The Labute approximate surface area is 174 Å². The van der Waals surface area contributed by atoms with Crippen molar-refractivity contribution in [2.24, 2.45) is 0 Å². The van der Waals surface area contributed by atoms with Crippen molar-refractivity contribution in [3.05, 3.63) is 90.4 Å². The van der Waals surface area contributed by atoms with E-state index in [0.717, 1.165) is 5.56 Å². The second kappa shape index (κ2) is 8.12. The Hall–Kier alpha value is -3.45. The third-order valence-electron chi connectivity index (χ3n) is 4.77. The predicted molar refractivity (Wildman–Crippen MR) is 114 cm³/mol. The molecular formula is C23H19FN2O3S. The number of fused-ring (bicyclic) bond motifs is 1. The minimum Gasteiger partial charge on any atom is -0.497 e. The van der Waals surface area contributed by atoms with Crippen molar-refractivity contribution in [2.75, 3.05) is 12.4 Å². The van der Waals surface area contributed by atoms with Crippen molar-refractivity contribution in [1.29, 1.82) is 0 Å². The lowest BCUT2D eigenvalue weighted by Crippen LogP contribution is -2.09. The lowest BCUT2D eigenvalue weighted by Gasteiger charge is -2.16. The van der Waals surface area contributed by atoms with Gasteiger partial charge in [0.2, 0.25) is 9.84 Å². The predicted octanol–water partition coefficient (Wildman–Crippen LogP) is 4.83. The van der Waals surface area contributed by atoms with E-state index in [1.54, 1.807) is 67.8 Å². The third kappa shape index (κ3) is 3.84. The molecule has 1 aromatic heterocycles. The van der Waals surface area contributed by atoms with Gasteiger partial charge in [-0.1, -0.05) is 30.3 Å². The van der Waals surface area contributed by atoms with Crippen LogP contribution in [0.15, 0.2) is 88.8 Å². The van der Waals surface area contributed by atoms with Crippen LogP contribution in [-0.4, -0.2) is 20.5 Å². The molecule has 0 aliphatic carbocycles. The van der Waals surface area contributed by atoms with Crippen LogP contribution < -0.4 is 10.1 Å². The number of ether oxygens (including phenoxy) is 1. The van der Waals surface area contributed by atoms with E-state index in [1.807, 2.05) is 0 Å². The highest BCUT2D eigenvalue weighted by Gasteiger charge is 2.24. The van der Waals surface area contributed by atoms with Crippen molar-refractivity contribution in [1.82, 2.24) is 4.98 Å². The summed E-state index contributed by atoms with van der Waals surface area (Å²) in [4.78, 5) is 4.60. The van der Waals surface area contributed by atoms with E-state index in [-0.39, 0.29) is 15.6 Å². The molecule has 0 spiro atoms. The summed E-state index contributed by atoms with van der Waals surface area (Å²) >= 11 is 0. The van der Waals surface area contributed by atoms with Crippen LogP contribution in [0.4, 0.5) is 10.1 Å². The largest absolute Gasteiger partial charge is 0.497 e. The first-order valence-corrected chi connectivity index (χ1v) is 10.7. The molecule has 0 saturated carbocycles. The van der Waals surface area contributed by atoms with Crippen LogP contribution in [0, 0.1) is 5.82 Å². The molecule has 152 valence electrons. The molecule has 0 unspecified atom stereocenters. The van der Waals surface area contributed by atoms with Gasteiger partial charge in [-0.15, -0.1) is 0 Å². The molecule has 4 aromatic rings. The normalized spacial score (nSPS) is 11.4. The average Bonchev–Trinajstić information content (AvgIpc) is 2.78. The van der Waals surface area contributed by atoms with Gasteiger partial charge in [0.25, 0.3) is 0 Å². The molecule has 5 nitrogen and oxygen atoms in total. The zero-order valence-corrected chi connectivity index (χ0v) is 17.0. The number of nitrogens with one attached hydrogen (secondary N) is 1. The summed E-state index contributed by atoms with van der Waals surface area (Å²) < 4.78 is 45.2. The van der Waals surface area contributed by atoms with Gasteiger partial charge >= 0.3 is 0 Å². The highest BCUT2D eigenvalue weighted by molar-refractivity contribution is 7.91. The highest BCUT2D eigenvalue weighted by atomic mass is 32.2. The Morgan fingerprint density at radius 2 is 1.73 bits per heavy atom. The van der Waals surface area contributed by atoms with Gasteiger partial charge < -0.3 is 10.1 Å². The Morgan fingerprint density at radius 1 is 1.00 bits per heavy atom. The number of pyridine rings is 1. The number of benzene rings is 3. The zero-order chi connectivity index (χ0) is 21.1. The smallest absolute Gasteiger partial charge is 0.210 e. The van der Waals surface area contributed by atoms with E-state index < -0.39 is 9.84 Å². The lowest BCUT2D eigenvalue weighted by molar-refractivity contribution is 0.415. The standard InChI is InChI=1S/C23H19FN2O3S/c1-29-18-11-12-21-20(13-18)23(26-14-16-7-9-17(24)10-8-16)22(15-25-21)30(27,28)19-5-3-2-4-6-19/h2-13,15H,14H2,1H3,(H,25,26). The van der Waals surface area contributed by atoms with E-state index in [4.69, 9.17) is 4.74 Å². The van der Waals surface area contributed by atoms with Crippen molar-refractivity contribution in [3.8, 4) is 5.75 Å². The van der Waals surface area contributed by atoms with E-state index in [9.17, 15) is 12.8 Å². The van der Waals surface area contributed by atoms with Gasteiger partial charge in [-0.05, 0) is 48.0 Å². The number of sulfone groups is 1. The highest BCUT2D eigenvalue weighted by Crippen LogP contribution is 2.35.